The van der Waals surface area contributed by atoms with Crippen molar-refractivity contribution >= 4 is 0 Å². The van der Waals surface area contributed by atoms with Gasteiger partial charge in [0.15, 0.2) is 0 Å². The number of rotatable bonds is 4. The minimum absolute atomic E-state index is 0. The Labute approximate surface area is 143 Å². The third-order valence-electron chi connectivity index (χ3n) is 1.67. The second-order valence-electron chi connectivity index (χ2n) is 3.90. The summed E-state index contributed by atoms with van der Waals surface area (Å²) in [4.78, 5) is 0. The van der Waals surface area contributed by atoms with E-state index in [0.29, 0.717) is 25.7 Å². The van der Waals surface area contributed by atoms with Crippen LogP contribution in [0.5, 0.6) is 0 Å². The molecule has 0 aliphatic heterocycles. The Morgan fingerprint density at radius 1 is 0.524 bits per heavy atom. The number of nitrogens with two attached hydrogens (primary N) is 4. The van der Waals surface area contributed by atoms with Gasteiger partial charge in [-0.1, -0.05) is 27.7 Å². The Morgan fingerprint density at radius 3 is 0.571 bits per heavy atom. The molecule has 0 saturated carbocycles. The third kappa shape index (κ3) is 97.9. The van der Waals surface area contributed by atoms with Crippen LogP contribution in [0.15, 0.2) is 0 Å². The first-order valence-electron chi connectivity index (χ1n) is 6.83. The van der Waals surface area contributed by atoms with Crippen molar-refractivity contribution in [3.63, 3.8) is 0 Å². The van der Waals surface area contributed by atoms with Crippen molar-refractivity contribution in [1.29, 1.82) is 0 Å². The summed E-state index contributed by atoms with van der Waals surface area (Å²) in [6, 6.07) is 0. The molecule has 0 aromatic carbocycles. The molecular formula is C12H36N4O4Ti. The zero-order valence-electron chi connectivity index (χ0n) is 13.7. The first kappa shape index (κ1) is 33.1. The molecule has 0 fully saturated rings. The molecule has 0 spiro atoms. The van der Waals surface area contributed by atoms with Gasteiger partial charge in [-0.05, 0) is 25.7 Å². The number of hydrogen-bond donors (Lipinski definition) is 8. The van der Waals surface area contributed by atoms with Gasteiger partial charge in [0.25, 0.3) is 0 Å². The van der Waals surface area contributed by atoms with Gasteiger partial charge < -0.3 is 43.4 Å². The molecule has 132 valence electrons. The van der Waals surface area contributed by atoms with Crippen molar-refractivity contribution in [3.05, 3.63) is 0 Å². The van der Waals surface area contributed by atoms with Gasteiger partial charge in [-0.15, -0.1) is 0 Å². The predicted octanol–water partition coefficient (Wildman–Crippen LogP) is -1.31. The Bertz CT molecular complexity index is 121. The van der Waals surface area contributed by atoms with Crippen LogP contribution in [0.25, 0.3) is 0 Å². The van der Waals surface area contributed by atoms with E-state index in [2.05, 4.69) is 0 Å². The zero-order valence-corrected chi connectivity index (χ0v) is 15.3. The molecule has 0 amide bonds. The molecule has 4 atom stereocenters. The molecule has 0 aliphatic rings. The number of hydrogen-bond acceptors (Lipinski definition) is 8. The fourth-order valence-electron chi connectivity index (χ4n) is 0. The summed E-state index contributed by atoms with van der Waals surface area (Å²) in [5.41, 5.74) is 19.4. The SMILES string of the molecule is CCC(N)O.CCC(N)O.CCC(N)O.CCC(N)O.[Ti]. The minimum Gasteiger partial charge on any atom is -0.379 e. The Kier molecular flexibility index (Phi) is 45.0. The molecule has 8 nitrogen and oxygen atoms in total. The molecule has 0 saturated heterocycles. The summed E-state index contributed by atoms with van der Waals surface area (Å²) in [7, 11) is 0. The van der Waals surface area contributed by atoms with Gasteiger partial charge in [-0.2, -0.15) is 0 Å². The van der Waals surface area contributed by atoms with Crippen LogP contribution in [-0.4, -0.2) is 45.3 Å². The van der Waals surface area contributed by atoms with Gasteiger partial charge >= 0.3 is 0 Å². The van der Waals surface area contributed by atoms with E-state index in [1.165, 1.54) is 0 Å². The predicted molar refractivity (Wildman–Crippen MR) is 81.9 cm³/mol. The average Bonchev–Trinajstić information content (AvgIpc) is 2.40. The van der Waals surface area contributed by atoms with Crippen molar-refractivity contribution in [2.24, 2.45) is 22.9 Å². The van der Waals surface area contributed by atoms with Crippen LogP contribution >= 0.6 is 0 Å². The van der Waals surface area contributed by atoms with E-state index in [-0.39, 0.29) is 21.7 Å². The third-order valence-corrected chi connectivity index (χ3v) is 1.67. The van der Waals surface area contributed by atoms with E-state index in [0.717, 1.165) is 0 Å². The zero-order chi connectivity index (χ0) is 17.1. The summed E-state index contributed by atoms with van der Waals surface area (Å²) in [5.74, 6) is 0. The molecule has 21 heavy (non-hydrogen) atoms. The van der Waals surface area contributed by atoms with E-state index >= 15 is 0 Å². The minimum atomic E-state index is -0.616. The van der Waals surface area contributed by atoms with E-state index < -0.39 is 24.9 Å². The van der Waals surface area contributed by atoms with E-state index in [9.17, 15) is 0 Å². The molecule has 4 unspecified atom stereocenters. The van der Waals surface area contributed by atoms with Gasteiger partial charge in [0.2, 0.25) is 0 Å². The van der Waals surface area contributed by atoms with E-state index in [4.69, 9.17) is 43.4 Å². The van der Waals surface area contributed by atoms with Gasteiger partial charge in [0, 0.05) is 21.7 Å². The Balaban J connectivity index is -0.0000000533. The maximum Gasteiger partial charge on any atom is 0.102 e. The van der Waals surface area contributed by atoms with Crippen molar-refractivity contribution < 1.29 is 42.1 Å². The largest absolute Gasteiger partial charge is 0.379 e. The molecule has 0 aromatic rings. The van der Waals surface area contributed by atoms with Gasteiger partial charge in [-0.25, -0.2) is 0 Å². The monoisotopic (exact) mass is 348 g/mol. The van der Waals surface area contributed by atoms with E-state index in [1.807, 2.05) is 27.7 Å². The van der Waals surface area contributed by atoms with Crippen LogP contribution in [0.3, 0.4) is 0 Å². The van der Waals surface area contributed by atoms with Crippen LogP contribution in [0.2, 0.25) is 0 Å². The molecule has 12 N–H and O–H groups in total. The molecule has 0 bridgehead atoms. The van der Waals surface area contributed by atoms with Crippen molar-refractivity contribution in [3.8, 4) is 0 Å². The molecule has 0 aromatic heterocycles. The van der Waals surface area contributed by atoms with Crippen LogP contribution in [0, 0.1) is 0 Å². The second kappa shape index (κ2) is 28.5. The van der Waals surface area contributed by atoms with Gasteiger partial charge in [0.1, 0.15) is 24.9 Å². The standard InChI is InChI=1S/4C3H9NO.Ti/c4*1-2-3(4)5;/h4*3,5H,2,4H2,1H3;. The normalized spacial score (nSPS) is 14.3. The average molecular weight is 348 g/mol. The fraction of sp³-hybridized carbons (Fsp3) is 1.00. The number of aliphatic hydroxyl groups is 4. The summed E-state index contributed by atoms with van der Waals surface area (Å²) < 4.78 is 0. The van der Waals surface area contributed by atoms with Crippen LogP contribution in [-0.2, 0) is 21.7 Å². The van der Waals surface area contributed by atoms with Crippen molar-refractivity contribution in [2.45, 2.75) is 78.3 Å². The van der Waals surface area contributed by atoms with Gasteiger partial charge in [-0.3, -0.25) is 0 Å². The topological polar surface area (TPSA) is 185 Å². The molecule has 0 rings (SSSR count). The Morgan fingerprint density at radius 2 is 0.571 bits per heavy atom. The molecule has 9 heteroatoms. The summed E-state index contributed by atoms with van der Waals surface area (Å²) >= 11 is 0. The van der Waals surface area contributed by atoms with Crippen LogP contribution in [0.1, 0.15) is 53.4 Å². The maximum absolute atomic E-state index is 8.14. The summed E-state index contributed by atoms with van der Waals surface area (Å²) in [6.45, 7) is 7.30. The van der Waals surface area contributed by atoms with Gasteiger partial charge in [0.05, 0.1) is 0 Å². The Hall–Kier alpha value is 0.394. The first-order chi connectivity index (χ1) is 9.08. The van der Waals surface area contributed by atoms with E-state index in [1.54, 1.807) is 0 Å². The van der Waals surface area contributed by atoms with Crippen molar-refractivity contribution in [2.75, 3.05) is 0 Å². The molecule has 0 heterocycles. The fourth-order valence-corrected chi connectivity index (χ4v) is 0. The first-order valence-corrected chi connectivity index (χ1v) is 6.83. The summed E-state index contributed by atoms with van der Waals surface area (Å²) in [6.07, 6.45) is 0.0926. The summed E-state index contributed by atoms with van der Waals surface area (Å²) in [5, 5.41) is 32.6. The van der Waals surface area contributed by atoms with Crippen LogP contribution in [0.4, 0.5) is 0 Å². The second-order valence-corrected chi connectivity index (χ2v) is 3.90. The molecular weight excluding hydrogens is 312 g/mol. The maximum atomic E-state index is 8.14. The number of aliphatic hydroxyl groups excluding tert-OH is 4. The smallest absolute Gasteiger partial charge is 0.102 e. The van der Waals surface area contributed by atoms with Crippen molar-refractivity contribution in [1.82, 2.24) is 0 Å². The quantitative estimate of drug-likeness (QED) is 0.227. The van der Waals surface area contributed by atoms with Crippen LogP contribution < -0.4 is 22.9 Å². The molecule has 0 radical (unpaired) electrons. The molecule has 0 aliphatic carbocycles.